The van der Waals surface area contributed by atoms with E-state index in [1.807, 2.05) is 13.8 Å². The summed E-state index contributed by atoms with van der Waals surface area (Å²) in [6.07, 6.45) is 1.80. The van der Waals surface area contributed by atoms with Crippen LogP contribution in [0, 0.1) is 0 Å². The van der Waals surface area contributed by atoms with E-state index in [0.717, 1.165) is 5.82 Å². The van der Waals surface area contributed by atoms with E-state index >= 15 is 0 Å². The third-order valence-electron chi connectivity index (χ3n) is 1.44. The monoisotopic (exact) mass is 186 g/mol. The summed E-state index contributed by atoms with van der Waals surface area (Å²) in [7, 11) is 0. The van der Waals surface area contributed by atoms with Gasteiger partial charge in [0.25, 0.3) is 0 Å². The third kappa shape index (κ3) is 2.04. The first kappa shape index (κ1) is 9.19. The molecule has 1 rings (SSSR count). The van der Waals surface area contributed by atoms with Crippen LogP contribution in [0.2, 0.25) is 0 Å². The second kappa shape index (κ2) is 4.21. The van der Waals surface area contributed by atoms with Gasteiger partial charge >= 0.3 is 0 Å². The van der Waals surface area contributed by atoms with E-state index in [2.05, 4.69) is 15.5 Å². The highest BCUT2D eigenvalue weighted by atomic mass is 35.5. The Morgan fingerprint density at radius 2 is 2.33 bits per heavy atom. The van der Waals surface area contributed by atoms with E-state index in [0.29, 0.717) is 12.5 Å². The zero-order valence-electron chi connectivity index (χ0n) is 7.11. The van der Waals surface area contributed by atoms with Crippen molar-refractivity contribution in [1.82, 2.24) is 20.2 Å². The molecular weight excluding hydrogens is 176 g/mol. The molecule has 0 amide bonds. The first-order chi connectivity index (χ1) is 5.75. The molecule has 0 unspecified atom stereocenters. The number of aromatic nitrogens is 4. The van der Waals surface area contributed by atoms with Crippen molar-refractivity contribution >= 4 is 11.6 Å². The standard InChI is InChI=1S/C7H11ClN4/c1-6(2)7-9-10-11-12(7)5-3-4-8/h3-4,6H,5H2,1-2H3/b4-3+. The molecule has 12 heavy (non-hydrogen) atoms. The SMILES string of the molecule is CC(C)c1nnnn1C/C=C/Cl. The quantitative estimate of drug-likeness (QED) is 0.720. The Morgan fingerprint density at radius 3 is 2.92 bits per heavy atom. The van der Waals surface area contributed by atoms with Crippen LogP contribution in [0.25, 0.3) is 0 Å². The van der Waals surface area contributed by atoms with Crippen molar-refractivity contribution in [3.05, 3.63) is 17.4 Å². The van der Waals surface area contributed by atoms with E-state index in [1.54, 1.807) is 10.8 Å². The molecule has 4 nitrogen and oxygen atoms in total. The number of tetrazole rings is 1. The molecule has 5 heteroatoms. The molecule has 0 fully saturated rings. The summed E-state index contributed by atoms with van der Waals surface area (Å²) in [5.41, 5.74) is 1.46. The van der Waals surface area contributed by atoms with E-state index in [1.165, 1.54) is 5.54 Å². The van der Waals surface area contributed by atoms with Gasteiger partial charge in [-0.2, -0.15) is 0 Å². The van der Waals surface area contributed by atoms with Gasteiger partial charge in [0.1, 0.15) is 0 Å². The summed E-state index contributed by atoms with van der Waals surface area (Å²) in [4.78, 5) is 0. The zero-order chi connectivity index (χ0) is 8.97. The van der Waals surface area contributed by atoms with Crippen molar-refractivity contribution in [2.45, 2.75) is 26.3 Å². The van der Waals surface area contributed by atoms with E-state index < -0.39 is 0 Å². The number of allylic oxidation sites excluding steroid dienone is 1. The number of rotatable bonds is 3. The summed E-state index contributed by atoms with van der Waals surface area (Å²) < 4.78 is 1.73. The molecule has 0 saturated heterocycles. The van der Waals surface area contributed by atoms with Crippen LogP contribution in [0.15, 0.2) is 11.6 Å². The van der Waals surface area contributed by atoms with Gasteiger partial charge in [-0.15, -0.1) is 5.10 Å². The molecule has 0 spiro atoms. The highest BCUT2D eigenvalue weighted by Gasteiger charge is 2.07. The molecule has 0 aromatic carbocycles. The van der Waals surface area contributed by atoms with Gasteiger partial charge in [0.15, 0.2) is 5.82 Å². The molecule has 0 radical (unpaired) electrons. The van der Waals surface area contributed by atoms with Gasteiger partial charge in [-0.1, -0.05) is 31.5 Å². The lowest BCUT2D eigenvalue weighted by Gasteiger charge is -2.02. The Morgan fingerprint density at radius 1 is 1.58 bits per heavy atom. The second-order valence-corrected chi connectivity index (χ2v) is 2.99. The van der Waals surface area contributed by atoms with Crippen molar-refractivity contribution in [2.75, 3.05) is 0 Å². The molecule has 0 aliphatic rings. The van der Waals surface area contributed by atoms with Crippen LogP contribution in [0.3, 0.4) is 0 Å². The van der Waals surface area contributed by atoms with E-state index in [9.17, 15) is 0 Å². The lowest BCUT2D eigenvalue weighted by atomic mass is 10.2. The summed E-state index contributed by atoms with van der Waals surface area (Å²) in [5.74, 6) is 1.22. The van der Waals surface area contributed by atoms with Crippen LogP contribution in [-0.4, -0.2) is 20.2 Å². The van der Waals surface area contributed by atoms with Crippen molar-refractivity contribution in [3.63, 3.8) is 0 Å². The topological polar surface area (TPSA) is 43.6 Å². The zero-order valence-corrected chi connectivity index (χ0v) is 7.86. The molecule has 1 heterocycles. The summed E-state index contributed by atoms with van der Waals surface area (Å²) >= 11 is 5.39. The van der Waals surface area contributed by atoms with Crippen molar-refractivity contribution in [1.29, 1.82) is 0 Å². The molecule has 0 bridgehead atoms. The second-order valence-electron chi connectivity index (χ2n) is 2.74. The van der Waals surface area contributed by atoms with Crippen LogP contribution < -0.4 is 0 Å². The van der Waals surface area contributed by atoms with Gasteiger partial charge < -0.3 is 0 Å². The molecular formula is C7H11ClN4. The lowest BCUT2D eigenvalue weighted by Crippen LogP contribution is -2.05. The van der Waals surface area contributed by atoms with Crippen LogP contribution in [-0.2, 0) is 6.54 Å². The first-order valence-electron chi connectivity index (χ1n) is 3.77. The Bertz CT molecular complexity index is 266. The molecule has 0 aliphatic heterocycles. The van der Waals surface area contributed by atoms with Crippen LogP contribution in [0.1, 0.15) is 25.6 Å². The fourth-order valence-electron chi connectivity index (χ4n) is 0.895. The van der Waals surface area contributed by atoms with Crippen molar-refractivity contribution in [2.24, 2.45) is 0 Å². The Balaban J connectivity index is 2.77. The Labute approximate surface area is 76.2 Å². The maximum absolute atomic E-state index is 5.39. The fourth-order valence-corrected chi connectivity index (χ4v) is 0.974. The molecule has 1 aromatic heterocycles. The minimum Gasteiger partial charge on any atom is -0.225 e. The highest BCUT2D eigenvalue weighted by molar-refractivity contribution is 6.25. The van der Waals surface area contributed by atoms with Gasteiger partial charge in [0.2, 0.25) is 0 Å². The third-order valence-corrected chi connectivity index (χ3v) is 1.62. The number of hydrogen-bond acceptors (Lipinski definition) is 3. The van der Waals surface area contributed by atoms with Crippen LogP contribution >= 0.6 is 11.6 Å². The molecule has 0 atom stereocenters. The normalized spacial score (nSPS) is 11.7. The number of halogens is 1. The van der Waals surface area contributed by atoms with Gasteiger partial charge in [-0.3, -0.25) is 0 Å². The average Bonchev–Trinajstić information content (AvgIpc) is 2.48. The van der Waals surface area contributed by atoms with Crippen LogP contribution in [0.5, 0.6) is 0 Å². The molecule has 1 aromatic rings. The molecule has 66 valence electrons. The van der Waals surface area contributed by atoms with Crippen molar-refractivity contribution in [3.8, 4) is 0 Å². The Kier molecular flexibility index (Phi) is 3.22. The molecule has 0 aliphatic carbocycles. The maximum Gasteiger partial charge on any atom is 0.154 e. The van der Waals surface area contributed by atoms with Gasteiger partial charge in [0, 0.05) is 11.5 Å². The smallest absolute Gasteiger partial charge is 0.154 e. The Hall–Kier alpha value is -0.900. The maximum atomic E-state index is 5.39. The summed E-state index contributed by atoms with van der Waals surface area (Å²) in [6.45, 7) is 4.73. The number of hydrogen-bond donors (Lipinski definition) is 0. The average molecular weight is 187 g/mol. The van der Waals surface area contributed by atoms with Gasteiger partial charge in [-0.05, 0) is 10.4 Å². The van der Waals surface area contributed by atoms with E-state index in [4.69, 9.17) is 11.6 Å². The highest BCUT2D eigenvalue weighted by Crippen LogP contribution is 2.08. The van der Waals surface area contributed by atoms with Crippen LogP contribution in [0.4, 0.5) is 0 Å². The summed E-state index contributed by atoms with van der Waals surface area (Å²) in [5, 5.41) is 11.3. The number of nitrogens with zero attached hydrogens (tertiary/aromatic N) is 4. The minimum absolute atomic E-state index is 0.337. The molecule has 0 saturated carbocycles. The largest absolute Gasteiger partial charge is 0.225 e. The molecule has 0 N–H and O–H groups in total. The lowest BCUT2D eigenvalue weighted by molar-refractivity contribution is 0.605. The van der Waals surface area contributed by atoms with Gasteiger partial charge in [0.05, 0.1) is 6.54 Å². The predicted molar refractivity (Wildman–Crippen MR) is 46.9 cm³/mol. The fraction of sp³-hybridized carbons (Fsp3) is 0.571. The first-order valence-corrected chi connectivity index (χ1v) is 4.20. The predicted octanol–water partition coefficient (Wildman–Crippen LogP) is 1.55. The van der Waals surface area contributed by atoms with Crippen molar-refractivity contribution < 1.29 is 0 Å². The minimum atomic E-state index is 0.337. The van der Waals surface area contributed by atoms with E-state index in [-0.39, 0.29) is 0 Å². The summed E-state index contributed by atoms with van der Waals surface area (Å²) in [6, 6.07) is 0. The van der Waals surface area contributed by atoms with Gasteiger partial charge in [-0.25, -0.2) is 4.68 Å².